The van der Waals surface area contributed by atoms with Crippen LogP contribution in [0.5, 0.6) is 11.5 Å². The Labute approximate surface area is 121 Å². The van der Waals surface area contributed by atoms with E-state index in [1.807, 2.05) is 46.4 Å². The molecule has 114 valence electrons. The molecule has 0 bridgehead atoms. The van der Waals surface area contributed by atoms with Gasteiger partial charge >= 0.3 is 0 Å². The van der Waals surface area contributed by atoms with Crippen molar-refractivity contribution in [3.8, 4) is 11.5 Å². The Morgan fingerprint density at radius 1 is 0.850 bits per heavy atom. The van der Waals surface area contributed by atoms with E-state index in [2.05, 4.69) is 9.80 Å². The number of hydrogen-bond donors (Lipinski definition) is 1. The van der Waals surface area contributed by atoms with Crippen LogP contribution < -0.4 is 9.47 Å². The molecule has 0 radical (unpaired) electrons. The number of nitrogens with zero attached hydrogens (tertiary/aromatic N) is 2. The average Bonchev–Trinajstić information content (AvgIpc) is 2.37. The van der Waals surface area contributed by atoms with E-state index in [9.17, 15) is 5.11 Å². The maximum atomic E-state index is 9.29. The van der Waals surface area contributed by atoms with Crippen LogP contribution >= 0.6 is 0 Å². The van der Waals surface area contributed by atoms with E-state index in [-0.39, 0.29) is 6.61 Å². The summed E-state index contributed by atoms with van der Waals surface area (Å²) in [6, 6.07) is 5.55. The molecular weight excluding hydrogens is 256 g/mol. The highest BCUT2D eigenvalue weighted by molar-refractivity contribution is 5.38. The van der Waals surface area contributed by atoms with Crippen molar-refractivity contribution >= 4 is 0 Å². The van der Waals surface area contributed by atoms with Crippen molar-refractivity contribution in [2.75, 3.05) is 54.5 Å². The van der Waals surface area contributed by atoms with Crippen molar-refractivity contribution in [2.24, 2.45) is 0 Å². The lowest BCUT2D eigenvalue weighted by atomic mass is 10.2. The third-order valence-electron chi connectivity index (χ3n) is 2.74. The van der Waals surface area contributed by atoms with Gasteiger partial charge < -0.3 is 24.4 Å². The van der Waals surface area contributed by atoms with Crippen molar-refractivity contribution in [3.05, 3.63) is 23.8 Å². The molecule has 0 aliphatic rings. The molecule has 1 N–H and O–H groups in total. The third kappa shape index (κ3) is 6.75. The van der Waals surface area contributed by atoms with E-state index < -0.39 is 0 Å². The molecule has 0 saturated carbocycles. The van der Waals surface area contributed by atoms with Gasteiger partial charge in [0.15, 0.2) is 0 Å². The number of ether oxygens (including phenoxy) is 2. The summed E-state index contributed by atoms with van der Waals surface area (Å²) in [7, 11) is 8.01. The van der Waals surface area contributed by atoms with E-state index in [0.29, 0.717) is 13.2 Å². The first-order valence-electron chi connectivity index (χ1n) is 6.81. The average molecular weight is 282 g/mol. The highest BCUT2D eigenvalue weighted by Crippen LogP contribution is 2.23. The molecule has 0 amide bonds. The fraction of sp³-hybridized carbons (Fsp3) is 0.600. The van der Waals surface area contributed by atoms with Crippen LogP contribution in [0.15, 0.2) is 18.2 Å². The number of benzene rings is 1. The SMILES string of the molecule is CN(C)CCOc1cc(CO)cc(OCCN(C)C)c1. The van der Waals surface area contributed by atoms with E-state index >= 15 is 0 Å². The molecule has 1 aromatic carbocycles. The molecule has 0 aromatic heterocycles. The van der Waals surface area contributed by atoms with Crippen LogP contribution in [0.25, 0.3) is 0 Å². The number of hydrogen-bond acceptors (Lipinski definition) is 5. The highest BCUT2D eigenvalue weighted by Gasteiger charge is 2.04. The molecule has 0 fully saturated rings. The van der Waals surface area contributed by atoms with Crippen LogP contribution in [0.1, 0.15) is 5.56 Å². The standard InChI is InChI=1S/C15H26N2O3/c1-16(2)5-7-19-14-9-13(12-18)10-15(11-14)20-8-6-17(3)4/h9-11,18H,5-8,12H2,1-4H3. The van der Waals surface area contributed by atoms with Crippen molar-refractivity contribution in [1.82, 2.24) is 9.80 Å². The molecule has 1 aromatic rings. The Bertz CT molecular complexity index is 362. The first kappa shape index (κ1) is 16.8. The van der Waals surface area contributed by atoms with Crippen LogP contribution in [0.2, 0.25) is 0 Å². The monoisotopic (exact) mass is 282 g/mol. The lowest BCUT2D eigenvalue weighted by molar-refractivity contribution is 0.247. The van der Waals surface area contributed by atoms with Gasteiger partial charge in [-0.05, 0) is 45.9 Å². The topological polar surface area (TPSA) is 45.2 Å². The van der Waals surface area contributed by atoms with Crippen LogP contribution in [0.4, 0.5) is 0 Å². The van der Waals surface area contributed by atoms with Crippen LogP contribution in [-0.4, -0.2) is 69.4 Å². The quantitative estimate of drug-likeness (QED) is 0.734. The number of rotatable bonds is 9. The van der Waals surface area contributed by atoms with Gasteiger partial charge in [-0.15, -0.1) is 0 Å². The zero-order valence-corrected chi connectivity index (χ0v) is 12.9. The predicted molar refractivity (Wildman–Crippen MR) is 80.5 cm³/mol. The van der Waals surface area contributed by atoms with E-state index in [1.54, 1.807) is 0 Å². The van der Waals surface area contributed by atoms with Crippen molar-refractivity contribution < 1.29 is 14.6 Å². The fourth-order valence-electron chi connectivity index (χ4n) is 1.58. The molecular formula is C15H26N2O3. The maximum Gasteiger partial charge on any atom is 0.123 e. The van der Waals surface area contributed by atoms with Gasteiger partial charge in [-0.1, -0.05) is 0 Å². The Balaban J connectivity index is 2.60. The van der Waals surface area contributed by atoms with Crippen molar-refractivity contribution in [1.29, 1.82) is 0 Å². The van der Waals surface area contributed by atoms with E-state index in [1.165, 1.54) is 0 Å². The number of likely N-dealkylation sites (N-methyl/N-ethyl adjacent to an activating group) is 2. The highest BCUT2D eigenvalue weighted by atomic mass is 16.5. The smallest absolute Gasteiger partial charge is 0.123 e. The largest absolute Gasteiger partial charge is 0.492 e. The minimum absolute atomic E-state index is 0.0189. The molecule has 5 nitrogen and oxygen atoms in total. The summed E-state index contributed by atoms with van der Waals surface area (Å²) in [4.78, 5) is 4.12. The molecule has 0 aliphatic heterocycles. The van der Waals surface area contributed by atoms with Crippen LogP contribution in [0.3, 0.4) is 0 Å². The minimum atomic E-state index is -0.0189. The number of aliphatic hydroxyl groups excluding tert-OH is 1. The normalized spacial score (nSPS) is 11.2. The summed E-state index contributed by atoms with van der Waals surface area (Å²) in [5.74, 6) is 1.47. The molecule has 1 rings (SSSR count). The Hall–Kier alpha value is -1.30. The van der Waals surface area contributed by atoms with Gasteiger partial charge in [-0.2, -0.15) is 0 Å². The summed E-state index contributed by atoms with van der Waals surface area (Å²) in [5, 5.41) is 9.29. The van der Waals surface area contributed by atoms with Gasteiger partial charge in [0.1, 0.15) is 24.7 Å². The van der Waals surface area contributed by atoms with Gasteiger partial charge in [0.25, 0.3) is 0 Å². The van der Waals surface area contributed by atoms with Gasteiger partial charge in [0.2, 0.25) is 0 Å². The third-order valence-corrected chi connectivity index (χ3v) is 2.74. The minimum Gasteiger partial charge on any atom is -0.492 e. The molecule has 0 heterocycles. The first-order chi connectivity index (χ1) is 9.51. The van der Waals surface area contributed by atoms with Gasteiger partial charge in [0.05, 0.1) is 6.61 Å². The summed E-state index contributed by atoms with van der Waals surface area (Å²) in [5.41, 5.74) is 0.798. The Morgan fingerprint density at radius 2 is 1.30 bits per heavy atom. The van der Waals surface area contributed by atoms with Crippen molar-refractivity contribution in [2.45, 2.75) is 6.61 Å². The molecule has 0 spiro atoms. The van der Waals surface area contributed by atoms with Crippen LogP contribution in [0, 0.1) is 0 Å². The van der Waals surface area contributed by atoms with Gasteiger partial charge in [-0.3, -0.25) is 0 Å². The number of aliphatic hydroxyl groups is 1. The fourth-order valence-corrected chi connectivity index (χ4v) is 1.58. The lowest BCUT2D eigenvalue weighted by Gasteiger charge is -2.14. The molecule has 0 saturated heterocycles. The second-order valence-electron chi connectivity index (χ2n) is 5.27. The molecule has 0 unspecified atom stereocenters. The summed E-state index contributed by atoms with van der Waals surface area (Å²) < 4.78 is 11.4. The first-order valence-corrected chi connectivity index (χ1v) is 6.81. The second kappa shape index (κ2) is 8.79. The van der Waals surface area contributed by atoms with E-state index in [4.69, 9.17) is 9.47 Å². The Morgan fingerprint density at radius 3 is 1.65 bits per heavy atom. The Kier molecular flexibility index (Phi) is 7.36. The van der Waals surface area contributed by atoms with Crippen molar-refractivity contribution in [3.63, 3.8) is 0 Å². The molecule has 0 aliphatic carbocycles. The van der Waals surface area contributed by atoms with Gasteiger partial charge in [-0.25, -0.2) is 0 Å². The van der Waals surface area contributed by atoms with E-state index in [0.717, 1.165) is 30.2 Å². The zero-order valence-electron chi connectivity index (χ0n) is 12.9. The predicted octanol–water partition coefficient (Wildman–Crippen LogP) is 1.06. The summed E-state index contributed by atoms with van der Waals surface area (Å²) in [6.07, 6.45) is 0. The summed E-state index contributed by atoms with van der Waals surface area (Å²) in [6.45, 7) is 2.90. The molecule has 0 atom stereocenters. The molecule has 20 heavy (non-hydrogen) atoms. The zero-order chi connectivity index (χ0) is 15.0. The second-order valence-corrected chi connectivity index (χ2v) is 5.27. The maximum absolute atomic E-state index is 9.29. The van der Waals surface area contributed by atoms with Crippen LogP contribution in [-0.2, 0) is 6.61 Å². The molecule has 5 heteroatoms. The van der Waals surface area contributed by atoms with Gasteiger partial charge in [0, 0.05) is 19.2 Å². The lowest BCUT2D eigenvalue weighted by Crippen LogP contribution is -2.20. The summed E-state index contributed by atoms with van der Waals surface area (Å²) >= 11 is 0.